The van der Waals surface area contributed by atoms with Crippen LogP contribution in [0.2, 0.25) is 0 Å². The lowest BCUT2D eigenvalue weighted by molar-refractivity contribution is 0.373. The van der Waals surface area contributed by atoms with Crippen molar-refractivity contribution in [3.63, 3.8) is 0 Å². The number of hydrogen-bond acceptors (Lipinski definition) is 4. The molecule has 0 aliphatic carbocycles. The Hall–Kier alpha value is -2.02. The molecule has 1 saturated heterocycles. The van der Waals surface area contributed by atoms with Crippen LogP contribution in [0.4, 0.5) is 5.00 Å². The van der Waals surface area contributed by atoms with Gasteiger partial charge in [-0.2, -0.15) is 5.10 Å². The summed E-state index contributed by atoms with van der Waals surface area (Å²) in [4.78, 5) is 9.58. The van der Waals surface area contributed by atoms with Crippen LogP contribution in [0.25, 0.3) is 0 Å². The minimum absolute atomic E-state index is 0.657. The summed E-state index contributed by atoms with van der Waals surface area (Å²) in [5.41, 5.74) is 1.12. The van der Waals surface area contributed by atoms with Crippen LogP contribution in [0.1, 0.15) is 12.6 Å². The van der Waals surface area contributed by atoms with E-state index in [2.05, 4.69) is 44.7 Å². The second kappa shape index (κ2) is 7.50. The number of rotatable bonds is 4. The SMILES string of the molecule is CCNC(=NCc1ccnn1C)N1CCN(c2cccs2)CC1. The molecule has 0 spiro atoms. The molecule has 1 N–H and O–H groups in total. The van der Waals surface area contributed by atoms with Gasteiger partial charge in [0.15, 0.2) is 5.96 Å². The molecule has 0 amide bonds. The Morgan fingerprint density at radius 3 is 2.74 bits per heavy atom. The number of hydrogen-bond donors (Lipinski definition) is 1. The lowest BCUT2D eigenvalue weighted by Crippen LogP contribution is -2.52. The molecule has 0 saturated carbocycles. The molecule has 0 unspecified atom stereocenters. The number of nitrogens with one attached hydrogen (secondary N) is 1. The summed E-state index contributed by atoms with van der Waals surface area (Å²) < 4.78 is 1.88. The monoisotopic (exact) mass is 332 g/mol. The molecule has 7 heteroatoms. The predicted octanol–water partition coefficient (Wildman–Crippen LogP) is 1.77. The van der Waals surface area contributed by atoms with Gasteiger partial charge in [0.2, 0.25) is 0 Å². The van der Waals surface area contributed by atoms with Crippen LogP contribution in [0.15, 0.2) is 34.8 Å². The average Bonchev–Trinajstić information content (AvgIpc) is 3.24. The van der Waals surface area contributed by atoms with Gasteiger partial charge >= 0.3 is 0 Å². The third-order valence-corrected chi connectivity index (χ3v) is 4.97. The highest BCUT2D eigenvalue weighted by Crippen LogP contribution is 2.22. The third-order valence-electron chi connectivity index (χ3n) is 4.05. The minimum Gasteiger partial charge on any atom is -0.360 e. The van der Waals surface area contributed by atoms with Crippen LogP contribution in [-0.2, 0) is 13.6 Å². The van der Waals surface area contributed by atoms with E-state index in [1.165, 1.54) is 5.00 Å². The molecular weight excluding hydrogens is 308 g/mol. The zero-order valence-corrected chi connectivity index (χ0v) is 14.6. The van der Waals surface area contributed by atoms with Crippen LogP contribution < -0.4 is 10.2 Å². The van der Waals surface area contributed by atoms with Gasteiger partial charge in [0.05, 0.1) is 17.2 Å². The zero-order chi connectivity index (χ0) is 16.1. The lowest BCUT2D eigenvalue weighted by atomic mass is 10.3. The molecule has 3 rings (SSSR count). The summed E-state index contributed by atoms with van der Waals surface area (Å²) >= 11 is 1.81. The molecule has 0 bridgehead atoms. The molecule has 1 aliphatic rings. The van der Waals surface area contributed by atoms with Crippen LogP contribution in [0.3, 0.4) is 0 Å². The van der Waals surface area contributed by atoms with Gasteiger partial charge in [-0.15, -0.1) is 11.3 Å². The molecule has 6 nitrogen and oxygen atoms in total. The van der Waals surface area contributed by atoms with E-state index in [1.54, 1.807) is 0 Å². The highest BCUT2D eigenvalue weighted by atomic mass is 32.1. The van der Waals surface area contributed by atoms with Crippen LogP contribution in [0, 0.1) is 0 Å². The van der Waals surface area contributed by atoms with Crippen LogP contribution in [-0.4, -0.2) is 53.4 Å². The molecule has 3 heterocycles. The van der Waals surface area contributed by atoms with Crippen LogP contribution >= 0.6 is 11.3 Å². The smallest absolute Gasteiger partial charge is 0.194 e. The van der Waals surface area contributed by atoms with E-state index in [-0.39, 0.29) is 0 Å². The van der Waals surface area contributed by atoms with Crippen molar-refractivity contribution in [2.75, 3.05) is 37.6 Å². The van der Waals surface area contributed by atoms with E-state index in [9.17, 15) is 0 Å². The molecule has 1 aliphatic heterocycles. The van der Waals surface area contributed by atoms with Crippen molar-refractivity contribution in [2.45, 2.75) is 13.5 Å². The Morgan fingerprint density at radius 1 is 1.30 bits per heavy atom. The van der Waals surface area contributed by atoms with Crippen molar-refractivity contribution in [2.24, 2.45) is 12.0 Å². The Balaban J connectivity index is 1.62. The maximum Gasteiger partial charge on any atom is 0.194 e. The number of anilines is 1. The van der Waals surface area contributed by atoms with Crippen molar-refractivity contribution in [3.05, 3.63) is 35.5 Å². The fraction of sp³-hybridized carbons (Fsp3) is 0.500. The first kappa shape index (κ1) is 15.9. The summed E-state index contributed by atoms with van der Waals surface area (Å²) in [5.74, 6) is 1.000. The lowest BCUT2D eigenvalue weighted by Gasteiger charge is -2.37. The maximum absolute atomic E-state index is 4.78. The number of aliphatic imine (C=N–C) groups is 1. The predicted molar refractivity (Wildman–Crippen MR) is 96.1 cm³/mol. The number of aryl methyl sites for hydroxylation is 1. The molecule has 0 radical (unpaired) electrons. The van der Waals surface area contributed by atoms with Crippen LogP contribution in [0.5, 0.6) is 0 Å². The third kappa shape index (κ3) is 3.85. The van der Waals surface area contributed by atoms with E-state index in [0.29, 0.717) is 6.54 Å². The van der Waals surface area contributed by atoms with E-state index < -0.39 is 0 Å². The Morgan fingerprint density at radius 2 is 2.13 bits per heavy atom. The van der Waals surface area contributed by atoms with Gasteiger partial charge in [-0.25, -0.2) is 4.99 Å². The van der Waals surface area contributed by atoms with Crippen molar-refractivity contribution in [3.8, 4) is 0 Å². The number of guanidine groups is 1. The fourth-order valence-electron chi connectivity index (χ4n) is 2.73. The summed E-state index contributed by atoms with van der Waals surface area (Å²) in [6, 6.07) is 6.33. The number of nitrogens with zero attached hydrogens (tertiary/aromatic N) is 5. The molecular formula is C16H24N6S. The van der Waals surface area contributed by atoms with Gasteiger partial charge in [-0.05, 0) is 30.5 Å². The molecule has 1 fully saturated rings. The van der Waals surface area contributed by atoms with Gasteiger partial charge < -0.3 is 15.1 Å². The molecule has 2 aromatic rings. The Labute approximate surface area is 141 Å². The molecule has 124 valence electrons. The first-order chi connectivity index (χ1) is 11.3. The summed E-state index contributed by atoms with van der Waals surface area (Å²) in [5, 5.41) is 11.1. The van der Waals surface area contributed by atoms with E-state index >= 15 is 0 Å². The quantitative estimate of drug-likeness (QED) is 0.685. The summed E-state index contributed by atoms with van der Waals surface area (Å²) in [6.45, 7) is 7.72. The molecule has 23 heavy (non-hydrogen) atoms. The maximum atomic E-state index is 4.78. The molecule has 0 aromatic carbocycles. The normalized spacial score (nSPS) is 16.0. The fourth-order valence-corrected chi connectivity index (χ4v) is 3.51. The van der Waals surface area contributed by atoms with Gasteiger partial charge in [0.1, 0.15) is 0 Å². The summed E-state index contributed by atoms with van der Waals surface area (Å²) in [7, 11) is 1.96. The largest absolute Gasteiger partial charge is 0.360 e. The number of piperazine rings is 1. The standard InChI is InChI=1S/C16H24N6S/c1-3-17-16(18-13-14-6-7-19-20(14)2)22-10-8-21(9-11-22)15-5-4-12-23-15/h4-7,12H,3,8-11,13H2,1-2H3,(H,17,18). The first-order valence-electron chi connectivity index (χ1n) is 8.06. The summed E-state index contributed by atoms with van der Waals surface area (Å²) in [6.07, 6.45) is 1.82. The van der Waals surface area contributed by atoms with Crippen molar-refractivity contribution >= 4 is 22.3 Å². The minimum atomic E-state index is 0.657. The van der Waals surface area contributed by atoms with Gasteiger partial charge in [0, 0.05) is 46.0 Å². The average molecular weight is 332 g/mol. The highest BCUT2D eigenvalue weighted by molar-refractivity contribution is 7.14. The van der Waals surface area contributed by atoms with Gasteiger partial charge in [-0.3, -0.25) is 4.68 Å². The highest BCUT2D eigenvalue weighted by Gasteiger charge is 2.20. The number of thiophene rings is 1. The first-order valence-corrected chi connectivity index (χ1v) is 8.94. The van der Waals surface area contributed by atoms with E-state index in [0.717, 1.165) is 44.4 Å². The van der Waals surface area contributed by atoms with Gasteiger partial charge in [0.25, 0.3) is 0 Å². The second-order valence-corrected chi connectivity index (χ2v) is 6.47. The van der Waals surface area contributed by atoms with Gasteiger partial charge in [-0.1, -0.05) is 0 Å². The Kier molecular flexibility index (Phi) is 5.17. The van der Waals surface area contributed by atoms with E-state index in [1.807, 2.05) is 35.3 Å². The van der Waals surface area contributed by atoms with E-state index in [4.69, 9.17) is 4.99 Å². The number of aromatic nitrogens is 2. The topological polar surface area (TPSA) is 48.7 Å². The Bertz CT molecular complexity index is 625. The molecule has 0 atom stereocenters. The van der Waals surface area contributed by atoms with Crippen molar-refractivity contribution in [1.29, 1.82) is 0 Å². The van der Waals surface area contributed by atoms with Crippen molar-refractivity contribution < 1.29 is 0 Å². The van der Waals surface area contributed by atoms with Crippen molar-refractivity contribution in [1.82, 2.24) is 20.0 Å². The molecule has 2 aromatic heterocycles. The zero-order valence-electron chi connectivity index (χ0n) is 13.8. The second-order valence-electron chi connectivity index (χ2n) is 5.54.